The quantitative estimate of drug-likeness (QED) is 0.529. The summed E-state index contributed by atoms with van der Waals surface area (Å²) in [6, 6.07) is 30.4. The molecule has 0 amide bonds. The predicted molar refractivity (Wildman–Crippen MR) is 122 cm³/mol. The molecule has 0 unspecified atom stereocenters. The van der Waals surface area contributed by atoms with E-state index in [1.807, 2.05) is 0 Å². The van der Waals surface area contributed by atoms with Gasteiger partial charge in [0, 0.05) is 0 Å². The Bertz CT molecular complexity index is 904. The number of aliphatic imine (C=N–C) groups is 1. The van der Waals surface area contributed by atoms with Crippen LogP contribution in [0, 0.1) is 0 Å². The fourth-order valence-corrected chi connectivity index (χ4v) is 5.90. The minimum Gasteiger partial charge on any atom is -0.477 e. The van der Waals surface area contributed by atoms with Crippen LogP contribution in [0.2, 0.25) is 0 Å². The Morgan fingerprint density at radius 1 is 0.862 bits per heavy atom. The largest absolute Gasteiger partial charge is 0.477 e. The van der Waals surface area contributed by atoms with E-state index in [0.717, 1.165) is 12.3 Å². The van der Waals surface area contributed by atoms with Gasteiger partial charge in [0.05, 0.1) is 12.6 Å². The average molecular weight is 403 g/mol. The molecule has 1 atom stereocenters. The van der Waals surface area contributed by atoms with Crippen molar-refractivity contribution < 1.29 is 9.47 Å². The van der Waals surface area contributed by atoms with Crippen molar-refractivity contribution in [3.63, 3.8) is 0 Å². The van der Waals surface area contributed by atoms with E-state index in [1.165, 1.54) is 21.5 Å². The summed E-state index contributed by atoms with van der Waals surface area (Å²) in [7, 11) is -0.645. The maximum absolute atomic E-state index is 6.01. The molecule has 3 aromatic rings. The van der Waals surface area contributed by atoms with Gasteiger partial charge in [-0.1, -0.05) is 91.9 Å². The van der Waals surface area contributed by atoms with Crippen molar-refractivity contribution in [3.05, 3.63) is 90.5 Å². The van der Waals surface area contributed by atoms with Gasteiger partial charge in [0.25, 0.3) is 0 Å². The van der Waals surface area contributed by atoms with Gasteiger partial charge in [-0.25, -0.2) is 4.99 Å². The number of ether oxygens (including phenoxy) is 2. The highest BCUT2D eigenvalue weighted by Crippen LogP contribution is 2.34. The van der Waals surface area contributed by atoms with Crippen LogP contribution in [0.1, 0.15) is 18.9 Å². The maximum atomic E-state index is 6.01. The van der Waals surface area contributed by atoms with Crippen LogP contribution in [0.5, 0.6) is 0 Å². The molecule has 0 fully saturated rings. The molecule has 0 radical (unpaired) electrons. The average Bonchev–Trinajstić information content (AvgIpc) is 3.25. The highest BCUT2D eigenvalue weighted by Gasteiger charge is 2.20. The molecule has 4 rings (SSSR count). The van der Waals surface area contributed by atoms with E-state index >= 15 is 0 Å². The molecule has 3 aromatic carbocycles. The summed E-state index contributed by atoms with van der Waals surface area (Å²) in [5.41, 5.74) is 1.22. The first-order chi connectivity index (χ1) is 14.3. The molecule has 0 aliphatic carbocycles. The molecule has 0 saturated heterocycles. The molecule has 29 heavy (non-hydrogen) atoms. The minimum atomic E-state index is -0.645. The molecular formula is C25H26NO2P. The summed E-state index contributed by atoms with van der Waals surface area (Å²) in [5, 5.41) is 4.02. The number of nitrogens with zero attached hydrogens (tertiary/aromatic N) is 1. The van der Waals surface area contributed by atoms with Crippen LogP contribution in [0.25, 0.3) is 0 Å². The Morgan fingerprint density at radius 2 is 1.48 bits per heavy atom. The van der Waals surface area contributed by atoms with Gasteiger partial charge in [-0.3, -0.25) is 0 Å². The lowest BCUT2D eigenvalue weighted by Crippen LogP contribution is -2.24. The molecule has 1 heterocycles. The maximum Gasteiger partial charge on any atom is 0.210 e. The van der Waals surface area contributed by atoms with E-state index in [2.05, 4.69) is 96.8 Å². The second-order valence-corrected chi connectivity index (χ2v) is 9.21. The topological polar surface area (TPSA) is 30.8 Å². The van der Waals surface area contributed by atoms with Crippen molar-refractivity contribution in [2.45, 2.75) is 26.0 Å². The van der Waals surface area contributed by atoms with E-state index in [1.54, 1.807) is 0 Å². The van der Waals surface area contributed by atoms with Crippen LogP contribution in [-0.2, 0) is 16.1 Å². The van der Waals surface area contributed by atoms with Crippen LogP contribution in [-0.4, -0.2) is 25.2 Å². The SMILES string of the molecule is CC[C@@H]1COC(COCc2ccccc2P(c2ccccc2)c2ccccc2)=N1. The lowest BCUT2D eigenvalue weighted by atomic mass is 10.2. The van der Waals surface area contributed by atoms with Gasteiger partial charge in [-0.15, -0.1) is 0 Å². The van der Waals surface area contributed by atoms with Gasteiger partial charge in [0.15, 0.2) is 0 Å². The van der Waals surface area contributed by atoms with E-state index in [-0.39, 0.29) is 6.04 Å². The molecule has 1 aliphatic heterocycles. The highest BCUT2D eigenvalue weighted by atomic mass is 31.1. The number of hydrogen-bond donors (Lipinski definition) is 0. The zero-order valence-corrected chi connectivity index (χ0v) is 17.6. The first-order valence-electron chi connectivity index (χ1n) is 10.1. The lowest BCUT2D eigenvalue weighted by Gasteiger charge is -2.22. The van der Waals surface area contributed by atoms with Crippen molar-refractivity contribution in [3.8, 4) is 0 Å². The molecule has 148 valence electrons. The van der Waals surface area contributed by atoms with E-state index in [4.69, 9.17) is 9.47 Å². The van der Waals surface area contributed by atoms with Crippen molar-refractivity contribution in [1.82, 2.24) is 0 Å². The fourth-order valence-electron chi connectivity index (χ4n) is 3.44. The summed E-state index contributed by atoms with van der Waals surface area (Å²) in [5.74, 6) is 0.725. The first-order valence-corrected chi connectivity index (χ1v) is 11.4. The van der Waals surface area contributed by atoms with Crippen LogP contribution in [0.4, 0.5) is 0 Å². The Kier molecular flexibility index (Phi) is 6.71. The van der Waals surface area contributed by atoms with E-state index < -0.39 is 7.92 Å². The normalized spacial score (nSPS) is 15.9. The van der Waals surface area contributed by atoms with E-state index in [0.29, 0.717) is 19.8 Å². The number of rotatable bonds is 8. The summed E-state index contributed by atoms with van der Waals surface area (Å²) < 4.78 is 11.7. The first kappa shape index (κ1) is 19.8. The molecule has 1 aliphatic rings. The molecule has 0 aromatic heterocycles. The standard InChI is InChI=1S/C25H26NO2P/c1-2-21-18-28-25(26-21)19-27-17-20-11-9-10-16-24(20)29(22-12-5-3-6-13-22)23-14-7-4-8-15-23/h3-16,21H,2,17-19H2,1H3/t21-/m1/s1. The van der Waals surface area contributed by atoms with E-state index in [9.17, 15) is 0 Å². The van der Waals surface area contributed by atoms with Crippen LogP contribution >= 0.6 is 7.92 Å². The van der Waals surface area contributed by atoms with Crippen LogP contribution in [0.3, 0.4) is 0 Å². The zero-order chi connectivity index (χ0) is 19.9. The number of hydrogen-bond acceptors (Lipinski definition) is 3. The second-order valence-electron chi connectivity index (χ2n) is 7.02. The number of benzene rings is 3. The molecule has 4 heteroatoms. The Morgan fingerprint density at radius 3 is 2.10 bits per heavy atom. The summed E-state index contributed by atoms with van der Waals surface area (Å²) >= 11 is 0. The molecule has 0 spiro atoms. The third kappa shape index (κ3) is 4.93. The second kappa shape index (κ2) is 9.82. The zero-order valence-electron chi connectivity index (χ0n) is 16.7. The third-order valence-electron chi connectivity index (χ3n) is 4.98. The fraction of sp³-hybridized carbons (Fsp3) is 0.240. The van der Waals surface area contributed by atoms with Crippen molar-refractivity contribution in [2.24, 2.45) is 4.99 Å². The molecule has 0 saturated carbocycles. The minimum absolute atomic E-state index is 0.282. The van der Waals surface area contributed by atoms with Crippen molar-refractivity contribution >= 4 is 29.7 Å². The Hall–Kier alpha value is -2.48. The Balaban J connectivity index is 1.58. The molecule has 0 bridgehead atoms. The smallest absolute Gasteiger partial charge is 0.210 e. The summed E-state index contributed by atoms with van der Waals surface area (Å²) in [6.45, 7) is 3.79. The van der Waals surface area contributed by atoms with Crippen LogP contribution < -0.4 is 15.9 Å². The summed E-state index contributed by atoms with van der Waals surface area (Å²) in [4.78, 5) is 4.56. The van der Waals surface area contributed by atoms with Gasteiger partial charge >= 0.3 is 0 Å². The monoisotopic (exact) mass is 403 g/mol. The van der Waals surface area contributed by atoms with Crippen LogP contribution in [0.15, 0.2) is 89.9 Å². The third-order valence-corrected chi connectivity index (χ3v) is 7.53. The molecule has 0 N–H and O–H groups in total. The summed E-state index contributed by atoms with van der Waals surface area (Å²) in [6.07, 6.45) is 1.00. The lowest BCUT2D eigenvalue weighted by molar-refractivity contribution is 0.142. The van der Waals surface area contributed by atoms with Gasteiger partial charge in [-0.2, -0.15) is 0 Å². The highest BCUT2D eigenvalue weighted by molar-refractivity contribution is 7.79. The van der Waals surface area contributed by atoms with Crippen molar-refractivity contribution in [2.75, 3.05) is 13.2 Å². The van der Waals surface area contributed by atoms with Gasteiger partial charge in [-0.05, 0) is 35.8 Å². The van der Waals surface area contributed by atoms with Gasteiger partial charge in [0.2, 0.25) is 5.90 Å². The Labute approximate surface area is 174 Å². The van der Waals surface area contributed by atoms with Crippen molar-refractivity contribution in [1.29, 1.82) is 0 Å². The predicted octanol–water partition coefficient (Wildman–Crippen LogP) is 4.17. The molecular weight excluding hydrogens is 377 g/mol. The molecule has 3 nitrogen and oxygen atoms in total. The van der Waals surface area contributed by atoms with Gasteiger partial charge in [0.1, 0.15) is 13.2 Å². The van der Waals surface area contributed by atoms with Gasteiger partial charge < -0.3 is 9.47 Å².